The number of aliphatic hydroxyl groups is 2. The van der Waals surface area contributed by atoms with E-state index in [9.17, 15) is 10.2 Å². The molecule has 0 aromatic heterocycles. The van der Waals surface area contributed by atoms with Crippen LogP contribution in [0, 0.1) is 58.7 Å². The van der Waals surface area contributed by atoms with Crippen LogP contribution in [-0.4, -0.2) is 46.5 Å². The highest BCUT2D eigenvalue weighted by atomic mass is 16.3. The molecular formula is C27H45NO2. The van der Waals surface area contributed by atoms with Crippen molar-refractivity contribution < 1.29 is 10.2 Å². The zero-order valence-corrected chi connectivity index (χ0v) is 19.5. The highest BCUT2D eigenvalue weighted by Gasteiger charge is 2.62. The van der Waals surface area contributed by atoms with E-state index in [-0.39, 0.29) is 17.6 Å². The molecule has 6 aliphatic rings. The van der Waals surface area contributed by atoms with Crippen LogP contribution in [0.2, 0.25) is 0 Å². The topological polar surface area (TPSA) is 43.7 Å². The quantitative estimate of drug-likeness (QED) is 0.609. The summed E-state index contributed by atoms with van der Waals surface area (Å²) >= 11 is 0. The van der Waals surface area contributed by atoms with E-state index < -0.39 is 0 Å². The molecular weight excluding hydrogens is 370 g/mol. The first kappa shape index (κ1) is 20.5. The van der Waals surface area contributed by atoms with Gasteiger partial charge in [-0.25, -0.2) is 0 Å². The Morgan fingerprint density at radius 1 is 0.733 bits per heavy atom. The summed E-state index contributed by atoms with van der Waals surface area (Å²) in [4.78, 5) is 2.92. The smallest absolute Gasteiger partial charge is 0.0577 e. The van der Waals surface area contributed by atoms with Crippen molar-refractivity contribution >= 4 is 0 Å². The Kier molecular flexibility index (Phi) is 4.91. The minimum Gasteiger partial charge on any atom is -0.393 e. The zero-order valence-electron chi connectivity index (χ0n) is 19.5. The van der Waals surface area contributed by atoms with Gasteiger partial charge >= 0.3 is 0 Å². The van der Waals surface area contributed by atoms with E-state index in [1.165, 1.54) is 45.2 Å². The third-order valence-corrected chi connectivity index (χ3v) is 12.0. The third kappa shape index (κ3) is 2.86. The first-order valence-corrected chi connectivity index (χ1v) is 13.5. The highest BCUT2D eigenvalue weighted by Crippen LogP contribution is 2.67. The summed E-state index contributed by atoms with van der Waals surface area (Å²) in [5.74, 6) is 7.22. The molecule has 2 heterocycles. The van der Waals surface area contributed by atoms with Gasteiger partial charge < -0.3 is 10.2 Å². The molecule has 4 saturated carbocycles. The lowest BCUT2D eigenvalue weighted by Gasteiger charge is -2.56. The van der Waals surface area contributed by atoms with E-state index in [2.05, 4.69) is 25.7 Å². The molecule has 8 unspecified atom stereocenters. The predicted molar refractivity (Wildman–Crippen MR) is 120 cm³/mol. The van der Waals surface area contributed by atoms with Gasteiger partial charge in [-0.2, -0.15) is 0 Å². The standard InChI is InChI=1S/C27H45NO2/c1-15-4-7-25-16(2)18-5-6-19-20(22(18)14-28(25)13-15)11-23-21(19)12-26(30)24-10-17(29)8-9-27(23,24)3/h15-26,29-30H,4-14H2,1-3H3/t15-,16-,17+,18?,19?,20?,21?,22?,23?,24?,25?,26-,27-/m1/s1. The fourth-order valence-electron chi connectivity index (χ4n) is 10.6. The van der Waals surface area contributed by atoms with E-state index in [0.717, 1.165) is 79.1 Å². The summed E-state index contributed by atoms with van der Waals surface area (Å²) in [5.41, 5.74) is 0.261. The maximum atomic E-state index is 11.2. The van der Waals surface area contributed by atoms with E-state index in [4.69, 9.17) is 0 Å². The summed E-state index contributed by atoms with van der Waals surface area (Å²) in [5, 5.41) is 21.5. The maximum absolute atomic E-state index is 11.2. The Morgan fingerprint density at radius 2 is 1.53 bits per heavy atom. The van der Waals surface area contributed by atoms with Crippen molar-refractivity contribution in [1.82, 2.24) is 4.90 Å². The molecule has 3 nitrogen and oxygen atoms in total. The van der Waals surface area contributed by atoms with Crippen LogP contribution in [0.5, 0.6) is 0 Å². The molecule has 13 atom stereocenters. The Balaban J connectivity index is 1.28. The number of nitrogens with zero attached hydrogens (tertiary/aromatic N) is 1. The molecule has 0 bridgehead atoms. The van der Waals surface area contributed by atoms with Gasteiger partial charge in [-0.05, 0) is 116 Å². The number of rotatable bonds is 0. The third-order valence-electron chi connectivity index (χ3n) is 12.0. The number of aliphatic hydroxyl groups excluding tert-OH is 2. The van der Waals surface area contributed by atoms with Crippen molar-refractivity contribution in [3.05, 3.63) is 0 Å². The molecule has 2 N–H and O–H groups in total. The van der Waals surface area contributed by atoms with E-state index in [1.807, 2.05) is 0 Å². The molecule has 0 aromatic carbocycles. The molecule has 0 amide bonds. The van der Waals surface area contributed by atoms with Gasteiger partial charge in [0.25, 0.3) is 0 Å². The molecule has 6 rings (SSSR count). The van der Waals surface area contributed by atoms with Crippen LogP contribution in [-0.2, 0) is 0 Å². The SMILES string of the molecule is C[C@@H]1CCC2[C@H](C)C3CCC4C(CC5C4C[C@@H](O)C4C[C@@H](O)CC[C@]54C)C3CN2C1. The van der Waals surface area contributed by atoms with Crippen molar-refractivity contribution in [2.75, 3.05) is 13.1 Å². The largest absolute Gasteiger partial charge is 0.393 e. The van der Waals surface area contributed by atoms with Crippen LogP contribution in [0.4, 0.5) is 0 Å². The number of fused-ring (bicyclic) bond motifs is 8. The highest BCUT2D eigenvalue weighted by molar-refractivity contribution is 5.12. The molecule has 170 valence electrons. The number of hydrogen-bond acceptors (Lipinski definition) is 3. The lowest BCUT2D eigenvalue weighted by Crippen LogP contribution is -2.58. The second kappa shape index (κ2) is 7.19. The summed E-state index contributed by atoms with van der Waals surface area (Å²) < 4.78 is 0. The molecule has 2 saturated heterocycles. The van der Waals surface area contributed by atoms with Crippen molar-refractivity contribution in [3.8, 4) is 0 Å². The van der Waals surface area contributed by atoms with Gasteiger partial charge in [0.2, 0.25) is 0 Å². The van der Waals surface area contributed by atoms with Gasteiger partial charge in [0, 0.05) is 19.1 Å². The normalized spacial score (nSPS) is 60.7. The van der Waals surface area contributed by atoms with Crippen molar-refractivity contribution in [1.29, 1.82) is 0 Å². The van der Waals surface area contributed by atoms with E-state index in [1.54, 1.807) is 0 Å². The zero-order chi connectivity index (χ0) is 20.8. The maximum Gasteiger partial charge on any atom is 0.0577 e. The van der Waals surface area contributed by atoms with Gasteiger partial charge in [-0.15, -0.1) is 0 Å². The Hall–Kier alpha value is -0.120. The second-order valence-corrected chi connectivity index (χ2v) is 13.1. The van der Waals surface area contributed by atoms with Crippen LogP contribution in [0.3, 0.4) is 0 Å². The van der Waals surface area contributed by atoms with Crippen LogP contribution >= 0.6 is 0 Å². The summed E-state index contributed by atoms with van der Waals surface area (Å²) in [6, 6.07) is 0.853. The number of hydrogen-bond donors (Lipinski definition) is 2. The lowest BCUT2D eigenvalue weighted by molar-refractivity contribution is -0.130. The summed E-state index contributed by atoms with van der Waals surface area (Å²) in [6.07, 6.45) is 10.7. The predicted octanol–water partition coefficient (Wildman–Crippen LogP) is 4.56. The monoisotopic (exact) mass is 415 g/mol. The average molecular weight is 416 g/mol. The number of piperidine rings is 2. The Morgan fingerprint density at radius 3 is 2.37 bits per heavy atom. The molecule has 30 heavy (non-hydrogen) atoms. The Labute approximate surface area is 184 Å². The molecule has 6 fully saturated rings. The lowest BCUT2D eigenvalue weighted by atomic mass is 9.51. The van der Waals surface area contributed by atoms with Gasteiger partial charge in [-0.1, -0.05) is 20.8 Å². The van der Waals surface area contributed by atoms with Crippen LogP contribution < -0.4 is 0 Å². The fourth-order valence-corrected chi connectivity index (χ4v) is 10.6. The molecule has 0 aromatic rings. The van der Waals surface area contributed by atoms with Crippen molar-refractivity contribution in [3.63, 3.8) is 0 Å². The second-order valence-electron chi connectivity index (χ2n) is 13.1. The van der Waals surface area contributed by atoms with Gasteiger partial charge in [-0.3, -0.25) is 4.90 Å². The fraction of sp³-hybridized carbons (Fsp3) is 1.00. The minimum atomic E-state index is -0.181. The van der Waals surface area contributed by atoms with Crippen LogP contribution in [0.25, 0.3) is 0 Å². The molecule has 0 spiro atoms. The molecule has 0 radical (unpaired) electrons. The molecule has 4 aliphatic carbocycles. The summed E-state index contributed by atoms with van der Waals surface area (Å²) in [7, 11) is 0. The molecule has 2 aliphatic heterocycles. The minimum absolute atomic E-state index is 0.180. The van der Waals surface area contributed by atoms with Gasteiger partial charge in [0.15, 0.2) is 0 Å². The summed E-state index contributed by atoms with van der Waals surface area (Å²) in [6.45, 7) is 10.3. The molecule has 3 heteroatoms. The Bertz CT molecular complexity index is 665. The average Bonchev–Trinajstić information content (AvgIpc) is 3.09. The van der Waals surface area contributed by atoms with E-state index >= 15 is 0 Å². The van der Waals surface area contributed by atoms with Gasteiger partial charge in [0.05, 0.1) is 12.2 Å². The van der Waals surface area contributed by atoms with Crippen LogP contribution in [0.1, 0.15) is 78.6 Å². The van der Waals surface area contributed by atoms with Crippen molar-refractivity contribution in [2.45, 2.75) is 96.8 Å². The first-order chi connectivity index (χ1) is 14.4. The first-order valence-electron chi connectivity index (χ1n) is 13.5. The van der Waals surface area contributed by atoms with E-state index in [0.29, 0.717) is 5.92 Å². The van der Waals surface area contributed by atoms with Gasteiger partial charge in [0.1, 0.15) is 0 Å². The van der Waals surface area contributed by atoms with Crippen LogP contribution in [0.15, 0.2) is 0 Å². The van der Waals surface area contributed by atoms with Crippen molar-refractivity contribution in [2.24, 2.45) is 58.7 Å².